The van der Waals surface area contributed by atoms with E-state index in [0.29, 0.717) is 37.9 Å². The van der Waals surface area contributed by atoms with Crippen LogP contribution in [0.4, 0.5) is 5.82 Å². The Bertz CT molecular complexity index is 517. The molecule has 2 aliphatic rings. The quantitative estimate of drug-likeness (QED) is 0.913. The van der Waals surface area contributed by atoms with Gasteiger partial charge in [0.1, 0.15) is 11.9 Å². The number of hydrogen-bond acceptors (Lipinski definition) is 5. The maximum atomic E-state index is 12.5. The third-order valence-electron chi connectivity index (χ3n) is 4.35. The number of rotatable bonds is 3. The molecule has 0 aliphatic carbocycles. The number of pyridine rings is 1. The molecule has 22 heavy (non-hydrogen) atoms. The van der Waals surface area contributed by atoms with E-state index in [4.69, 9.17) is 15.2 Å². The maximum Gasteiger partial charge on any atom is 0.223 e. The number of amides is 1. The van der Waals surface area contributed by atoms with Crippen molar-refractivity contribution in [2.24, 2.45) is 5.92 Å². The molecule has 1 atom stereocenters. The molecule has 2 N–H and O–H groups in total. The summed E-state index contributed by atoms with van der Waals surface area (Å²) in [6, 6.07) is 5.51. The largest absolute Gasteiger partial charge is 0.384 e. The molecule has 0 unspecified atom stereocenters. The minimum Gasteiger partial charge on any atom is -0.384 e. The van der Waals surface area contributed by atoms with E-state index in [1.807, 2.05) is 17.0 Å². The van der Waals surface area contributed by atoms with Gasteiger partial charge in [-0.1, -0.05) is 6.07 Å². The van der Waals surface area contributed by atoms with Crippen LogP contribution in [-0.2, 0) is 14.3 Å². The lowest BCUT2D eigenvalue weighted by molar-refractivity contribution is -0.140. The fourth-order valence-corrected chi connectivity index (χ4v) is 3.03. The lowest BCUT2D eigenvalue weighted by atomic mass is 9.96. The van der Waals surface area contributed by atoms with Crippen molar-refractivity contribution >= 4 is 11.7 Å². The molecule has 2 aliphatic heterocycles. The van der Waals surface area contributed by atoms with E-state index < -0.39 is 0 Å². The van der Waals surface area contributed by atoms with E-state index in [1.165, 1.54) is 0 Å². The fraction of sp³-hybridized carbons (Fsp3) is 0.625. The normalized spacial score (nSPS) is 23.5. The average Bonchev–Trinajstić information content (AvgIpc) is 2.56. The van der Waals surface area contributed by atoms with Crippen molar-refractivity contribution in [2.75, 3.05) is 38.6 Å². The van der Waals surface area contributed by atoms with Gasteiger partial charge in [0.15, 0.2) is 0 Å². The molecule has 0 saturated carbocycles. The molecule has 0 aromatic carbocycles. The van der Waals surface area contributed by atoms with Crippen molar-refractivity contribution in [1.82, 2.24) is 9.88 Å². The Morgan fingerprint density at radius 1 is 1.32 bits per heavy atom. The molecule has 3 rings (SSSR count). The summed E-state index contributed by atoms with van der Waals surface area (Å²) in [5.41, 5.74) is 6.52. The van der Waals surface area contributed by atoms with Crippen molar-refractivity contribution in [3.8, 4) is 0 Å². The van der Waals surface area contributed by atoms with E-state index >= 15 is 0 Å². The molecule has 3 heterocycles. The Hall–Kier alpha value is -1.66. The van der Waals surface area contributed by atoms with Crippen LogP contribution in [0.1, 0.15) is 31.1 Å². The van der Waals surface area contributed by atoms with Gasteiger partial charge in [0.25, 0.3) is 0 Å². The molecule has 1 amide bonds. The van der Waals surface area contributed by atoms with Crippen molar-refractivity contribution < 1.29 is 14.3 Å². The van der Waals surface area contributed by atoms with Crippen molar-refractivity contribution in [3.63, 3.8) is 0 Å². The predicted molar refractivity (Wildman–Crippen MR) is 82.1 cm³/mol. The van der Waals surface area contributed by atoms with Crippen LogP contribution in [0.15, 0.2) is 18.2 Å². The Morgan fingerprint density at radius 2 is 2.14 bits per heavy atom. The first-order valence-electron chi connectivity index (χ1n) is 7.92. The minimum atomic E-state index is -0.184. The molecule has 0 bridgehead atoms. The molecular formula is C16H23N3O3. The van der Waals surface area contributed by atoms with Crippen LogP contribution in [0.5, 0.6) is 0 Å². The number of carbonyl (C=O) groups is 1. The lowest BCUT2D eigenvalue weighted by Crippen LogP contribution is -2.43. The third kappa shape index (κ3) is 3.75. The van der Waals surface area contributed by atoms with Crippen LogP contribution in [0.25, 0.3) is 0 Å². The number of ether oxygens (including phenoxy) is 2. The van der Waals surface area contributed by atoms with Gasteiger partial charge in [-0.05, 0) is 30.9 Å². The standard InChI is InChI=1S/C16H23N3O3/c17-15-3-1-2-13(18-15)14-11-19(6-9-22-14)16(20)10-12-4-7-21-8-5-12/h1-3,12,14H,4-11H2,(H2,17,18)/t14-/m0/s1. The third-order valence-corrected chi connectivity index (χ3v) is 4.35. The zero-order chi connectivity index (χ0) is 15.4. The first-order chi connectivity index (χ1) is 10.7. The summed E-state index contributed by atoms with van der Waals surface area (Å²) in [6.07, 6.45) is 2.39. The second-order valence-electron chi connectivity index (χ2n) is 5.95. The van der Waals surface area contributed by atoms with Gasteiger partial charge >= 0.3 is 0 Å². The van der Waals surface area contributed by atoms with Crippen molar-refractivity contribution in [1.29, 1.82) is 0 Å². The number of nitrogen functional groups attached to an aromatic ring is 1. The smallest absolute Gasteiger partial charge is 0.223 e. The first kappa shape index (κ1) is 15.2. The average molecular weight is 305 g/mol. The highest BCUT2D eigenvalue weighted by atomic mass is 16.5. The number of nitrogens with two attached hydrogens (primary N) is 1. The summed E-state index contributed by atoms with van der Waals surface area (Å²) in [5.74, 6) is 1.14. The fourth-order valence-electron chi connectivity index (χ4n) is 3.03. The van der Waals surface area contributed by atoms with Crippen LogP contribution in [0.2, 0.25) is 0 Å². The summed E-state index contributed by atoms with van der Waals surface area (Å²) < 4.78 is 11.1. The zero-order valence-corrected chi connectivity index (χ0v) is 12.7. The van der Waals surface area contributed by atoms with Gasteiger partial charge in [0.05, 0.1) is 18.8 Å². The molecule has 2 fully saturated rings. The summed E-state index contributed by atoms with van der Waals surface area (Å²) in [5, 5.41) is 0. The van der Waals surface area contributed by atoms with Crippen molar-refractivity contribution in [3.05, 3.63) is 23.9 Å². The second-order valence-corrected chi connectivity index (χ2v) is 5.95. The van der Waals surface area contributed by atoms with Crippen LogP contribution in [0.3, 0.4) is 0 Å². The van der Waals surface area contributed by atoms with Gasteiger partial charge in [0, 0.05) is 26.2 Å². The van der Waals surface area contributed by atoms with Gasteiger partial charge in [-0.15, -0.1) is 0 Å². The van der Waals surface area contributed by atoms with E-state index in [1.54, 1.807) is 6.07 Å². The van der Waals surface area contributed by atoms with E-state index in [9.17, 15) is 4.79 Å². The number of morpholine rings is 1. The number of nitrogens with zero attached hydrogens (tertiary/aromatic N) is 2. The topological polar surface area (TPSA) is 77.7 Å². The van der Waals surface area contributed by atoms with Crippen LogP contribution >= 0.6 is 0 Å². The summed E-state index contributed by atoms with van der Waals surface area (Å²) in [4.78, 5) is 18.7. The molecule has 120 valence electrons. The molecule has 6 nitrogen and oxygen atoms in total. The number of carbonyl (C=O) groups excluding carboxylic acids is 1. The Kier molecular flexibility index (Phi) is 4.90. The molecule has 0 spiro atoms. The highest BCUT2D eigenvalue weighted by Gasteiger charge is 2.28. The van der Waals surface area contributed by atoms with E-state index in [2.05, 4.69) is 4.98 Å². The van der Waals surface area contributed by atoms with Gasteiger partial charge in [-0.25, -0.2) is 4.98 Å². The Balaban J connectivity index is 1.58. The van der Waals surface area contributed by atoms with E-state index in [0.717, 1.165) is 31.7 Å². The molecular weight excluding hydrogens is 282 g/mol. The van der Waals surface area contributed by atoms with Crippen LogP contribution < -0.4 is 5.73 Å². The number of hydrogen-bond donors (Lipinski definition) is 1. The molecule has 1 aromatic heterocycles. The molecule has 0 radical (unpaired) electrons. The monoisotopic (exact) mass is 305 g/mol. The van der Waals surface area contributed by atoms with Gasteiger partial charge in [-0.3, -0.25) is 4.79 Å². The summed E-state index contributed by atoms with van der Waals surface area (Å²) >= 11 is 0. The number of anilines is 1. The first-order valence-corrected chi connectivity index (χ1v) is 7.92. The highest BCUT2D eigenvalue weighted by molar-refractivity contribution is 5.76. The minimum absolute atomic E-state index is 0.184. The molecule has 6 heteroatoms. The SMILES string of the molecule is Nc1cccc([C@@H]2CN(C(=O)CC3CCOCC3)CCO2)n1. The summed E-state index contributed by atoms with van der Waals surface area (Å²) in [7, 11) is 0. The highest BCUT2D eigenvalue weighted by Crippen LogP contribution is 2.24. The van der Waals surface area contributed by atoms with Crippen LogP contribution in [0, 0.1) is 5.92 Å². The van der Waals surface area contributed by atoms with E-state index in [-0.39, 0.29) is 12.0 Å². The second kappa shape index (κ2) is 7.07. The van der Waals surface area contributed by atoms with Crippen molar-refractivity contribution in [2.45, 2.75) is 25.4 Å². The Morgan fingerprint density at radius 3 is 2.91 bits per heavy atom. The number of aromatic nitrogens is 1. The van der Waals surface area contributed by atoms with Gasteiger partial charge < -0.3 is 20.1 Å². The lowest BCUT2D eigenvalue weighted by Gasteiger charge is -2.34. The summed E-state index contributed by atoms with van der Waals surface area (Å²) in [6.45, 7) is 3.30. The van der Waals surface area contributed by atoms with Crippen LogP contribution in [-0.4, -0.2) is 48.7 Å². The maximum absolute atomic E-state index is 12.5. The Labute approximate surface area is 130 Å². The van der Waals surface area contributed by atoms with Gasteiger partial charge in [0.2, 0.25) is 5.91 Å². The molecule has 2 saturated heterocycles. The molecule has 1 aromatic rings. The van der Waals surface area contributed by atoms with Gasteiger partial charge in [-0.2, -0.15) is 0 Å². The predicted octanol–water partition coefficient (Wildman–Crippen LogP) is 1.38. The zero-order valence-electron chi connectivity index (χ0n) is 12.7.